The molecule has 1 atom stereocenters. The molecule has 0 N–H and O–H groups in total. The van der Waals surface area contributed by atoms with Crippen LogP contribution in [0, 0.1) is 0 Å². The third-order valence-electron chi connectivity index (χ3n) is 3.32. The molecule has 2 aliphatic rings. The van der Waals surface area contributed by atoms with Gasteiger partial charge in [0.15, 0.2) is 5.78 Å². The number of carbonyl (C=O) groups is 1. The van der Waals surface area contributed by atoms with Gasteiger partial charge < -0.3 is 4.74 Å². The van der Waals surface area contributed by atoms with Crippen LogP contribution in [0.1, 0.15) is 18.9 Å². The van der Waals surface area contributed by atoms with E-state index in [4.69, 9.17) is 4.74 Å². The number of benzene rings is 1. The molecule has 0 saturated heterocycles. The summed E-state index contributed by atoms with van der Waals surface area (Å²) in [6.07, 6.45) is 6.28. The number of hydrogen-bond acceptors (Lipinski definition) is 2. The second-order valence-electron chi connectivity index (χ2n) is 4.58. The van der Waals surface area contributed by atoms with Gasteiger partial charge in [0.05, 0.1) is 0 Å². The first-order valence-electron chi connectivity index (χ1n) is 6.10. The van der Waals surface area contributed by atoms with E-state index in [0.29, 0.717) is 5.76 Å². The molecular weight excluding hydrogens is 224 g/mol. The first kappa shape index (κ1) is 11.0. The molecule has 1 aliphatic carbocycles. The van der Waals surface area contributed by atoms with Gasteiger partial charge in [0.25, 0.3) is 0 Å². The average molecular weight is 238 g/mol. The minimum Gasteiger partial charge on any atom is -0.480 e. The normalized spacial score (nSPS) is 22.4. The molecule has 2 heteroatoms. The fourth-order valence-corrected chi connectivity index (χ4v) is 2.33. The summed E-state index contributed by atoms with van der Waals surface area (Å²) in [5.41, 5.74) is 2.83. The van der Waals surface area contributed by atoms with Crippen LogP contribution in [-0.4, -0.2) is 11.9 Å². The van der Waals surface area contributed by atoms with Gasteiger partial charge in [-0.1, -0.05) is 42.5 Å². The number of allylic oxidation sites excluding steroid dienone is 3. The third-order valence-corrected chi connectivity index (χ3v) is 3.32. The summed E-state index contributed by atoms with van der Waals surface area (Å²) in [5.74, 6) is 0.731. The number of ketones is 1. The van der Waals surface area contributed by atoms with Crippen molar-refractivity contribution in [2.24, 2.45) is 0 Å². The Kier molecular flexibility index (Phi) is 2.63. The highest BCUT2D eigenvalue weighted by Crippen LogP contribution is 2.32. The van der Waals surface area contributed by atoms with E-state index < -0.39 is 0 Å². The molecule has 0 amide bonds. The van der Waals surface area contributed by atoms with E-state index in [1.807, 2.05) is 43.3 Å². The van der Waals surface area contributed by atoms with Crippen molar-refractivity contribution in [2.75, 3.05) is 0 Å². The molecule has 1 aliphatic heterocycles. The van der Waals surface area contributed by atoms with Gasteiger partial charge in [-0.3, -0.25) is 4.79 Å². The van der Waals surface area contributed by atoms with Gasteiger partial charge >= 0.3 is 0 Å². The summed E-state index contributed by atoms with van der Waals surface area (Å²) in [6.45, 7) is 2.01. The molecule has 0 spiro atoms. The predicted octanol–water partition coefficient (Wildman–Crippen LogP) is 3.27. The largest absolute Gasteiger partial charge is 0.480 e. The highest BCUT2D eigenvalue weighted by Gasteiger charge is 2.30. The van der Waals surface area contributed by atoms with E-state index in [1.54, 1.807) is 6.08 Å². The SMILES string of the molecule is CC1=CCC=C2C(=O)C=C(c3ccccc3)OC12. The monoisotopic (exact) mass is 238 g/mol. The number of carbonyl (C=O) groups excluding carboxylic acids is 1. The summed E-state index contributed by atoms with van der Waals surface area (Å²) in [6, 6.07) is 9.75. The van der Waals surface area contributed by atoms with Crippen molar-refractivity contribution in [1.82, 2.24) is 0 Å². The molecular formula is C16H14O2. The maximum atomic E-state index is 12.1. The van der Waals surface area contributed by atoms with Crippen LogP contribution >= 0.6 is 0 Å². The molecule has 3 rings (SSSR count). The third kappa shape index (κ3) is 1.80. The molecule has 0 aromatic heterocycles. The minimum atomic E-state index is -0.202. The van der Waals surface area contributed by atoms with E-state index >= 15 is 0 Å². The van der Waals surface area contributed by atoms with E-state index in [9.17, 15) is 4.79 Å². The zero-order chi connectivity index (χ0) is 12.5. The Morgan fingerprint density at radius 2 is 1.94 bits per heavy atom. The minimum absolute atomic E-state index is 0.0672. The predicted molar refractivity (Wildman–Crippen MR) is 70.8 cm³/mol. The van der Waals surface area contributed by atoms with Crippen LogP contribution in [0.25, 0.3) is 5.76 Å². The van der Waals surface area contributed by atoms with E-state index in [1.165, 1.54) is 0 Å². The lowest BCUT2D eigenvalue weighted by Gasteiger charge is -2.29. The van der Waals surface area contributed by atoms with Gasteiger partial charge in [-0.15, -0.1) is 0 Å². The topological polar surface area (TPSA) is 26.3 Å². The average Bonchev–Trinajstić information content (AvgIpc) is 2.41. The highest BCUT2D eigenvalue weighted by atomic mass is 16.5. The number of rotatable bonds is 1. The lowest BCUT2D eigenvalue weighted by atomic mass is 9.90. The maximum absolute atomic E-state index is 12.1. The zero-order valence-electron chi connectivity index (χ0n) is 10.2. The Bertz CT molecular complexity index is 576. The maximum Gasteiger partial charge on any atom is 0.189 e. The molecule has 0 bridgehead atoms. The Morgan fingerprint density at radius 1 is 1.17 bits per heavy atom. The molecule has 1 aromatic rings. The summed E-state index contributed by atoms with van der Waals surface area (Å²) in [5, 5.41) is 0. The van der Waals surface area contributed by atoms with Crippen LogP contribution in [0.2, 0.25) is 0 Å². The summed E-state index contributed by atoms with van der Waals surface area (Å²) in [4.78, 5) is 12.1. The van der Waals surface area contributed by atoms with Crippen molar-refractivity contribution in [1.29, 1.82) is 0 Å². The van der Waals surface area contributed by atoms with Crippen molar-refractivity contribution in [3.05, 3.63) is 65.3 Å². The Balaban J connectivity index is 2.00. The van der Waals surface area contributed by atoms with Crippen molar-refractivity contribution in [2.45, 2.75) is 19.4 Å². The molecule has 2 nitrogen and oxygen atoms in total. The fraction of sp³-hybridized carbons (Fsp3) is 0.188. The van der Waals surface area contributed by atoms with E-state index in [2.05, 4.69) is 6.08 Å². The molecule has 0 saturated carbocycles. The lowest BCUT2D eigenvalue weighted by molar-refractivity contribution is -0.112. The standard InChI is InChI=1S/C16H14O2/c1-11-6-5-9-13-14(17)10-15(18-16(11)13)12-7-3-2-4-8-12/h2-4,6-10,16H,5H2,1H3. The molecule has 1 heterocycles. The second kappa shape index (κ2) is 4.30. The van der Waals surface area contributed by atoms with Gasteiger partial charge in [0.2, 0.25) is 0 Å². The van der Waals surface area contributed by atoms with Crippen molar-refractivity contribution >= 4 is 11.5 Å². The van der Waals surface area contributed by atoms with Gasteiger partial charge in [-0.2, -0.15) is 0 Å². The molecule has 0 radical (unpaired) electrons. The zero-order valence-corrected chi connectivity index (χ0v) is 10.2. The second-order valence-corrected chi connectivity index (χ2v) is 4.58. The Labute approximate surface area is 106 Å². The van der Waals surface area contributed by atoms with Gasteiger partial charge in [-0.25, -0.2) is 0 Å². The van der Waals surface area contributed by atoms with Gasteiger partial charge in [0, 0.05) is 17.2 Å². The quantitative estimate of drug-likeness (QED) is 0.702. The number of fused-ring (bicyclic) bond motifs is 1. The molecule has 18 heavy (non-hydrogen) atoms. The van der Waals surface area contributed by atoms with Crippen molar-refractivity contribution < 1.29 is 9.53 Å². The van der Waals surface area contributed by atoms with Crippen LogP contribution in [0.4, 0.5) is 0 Å². The molecule has 90 valence electrons. The smallest absolute Gasteiger partial charge is 0.189 e. The highest BCUT2D eigenvalue weighted by molar-refractivity contribution is 6.10. The Morgan fingerprint density at radius 3 is 2.72 bits per heavy atom. The van der Waals surface area contributed by atoms with Crippen LogP contribution in [0.5, 0.6) is 0 Å². The number of hydrogen-bond donors (Lipinski definition) is 0. The lowest BCUT2D eigenvalue weighted by Crippen LogP contribution is -2.27. The van der Waals surface area contributed by atoms with Crippen molar-refractivity contribution in [3.63, 3.8) is 0 Å². The summed E-state index contributed by atoms with van der Waals surface area (Å²) >= 11 is 0. The first-order chi connectivity index (χ1) is 8.75. The van der Waals surface area contributed by atoms with Crippen LogP contribution < -0.4 is 0 Å². The number of ether oxygens (including phenoxy) is 1. The summed E-state index contributed by atoms with van der Waals surface area (Å²) < 4.78 is 5.96. The van der Waals surface area contributed by atoms with Crippen LogP contribution in [0.15, 0.2) is 59.7 Å². The van der Waals surface area contributed by atoms with Crippen LogP contribution in [-0.2, 0) is 9.53 Å². The first-order valence-corrected chi connectivity index (χ1v) is 6.10. The molecule has 0 fully saturated rings. The van der Waals surface area contributed by atoms with Gasteiger partial charge in [-0.05, 0) is 18.9 Å². The van der Waals surface area contributed by atoms with Crippen molar-refractivity contribution in [3.8, 4) is 0 Å². The van der Waals surface area contributed by atoms with E-state index in [-0.39, 0.29) is 11.9 Å². The molecule has 1 aromatic carbocycles. The molecule has 1 unspecified atom stereocenters. The van der Waals surface area contributed by atoms with Crippen LogP contribution in [0.3, 0.4) is 0 Å². The van der Waals surface area contributed by atoms with E-state index in [0.717, 1.165) is 23.1 Å². The Hall–Kier alpha value is -2.09. The fourth-order valence-electron chi connectivity index (χ4n) is 2.33. The summed E-state index contributed by atoms with van der Waals surface area (Å²) in [7, 11) is 0. The van der Waals surface area contributed by atoms with Gasteiger partial charge in [0.1, 0.15) is 11.9 Å².